The van der Waals surface area contributed by atoms with Crippen molar-refractivity contribution in [1.82, 2.24) is 20.3 Å². The Labute approximate surface area is 156 Å². The molecule has 3 rings (SSSR count). The average Bonchev–Trinajstić information content (AvgIpc) is 3.14. The maximum Gasteiger partial charge on any atom is 0.270 e. The summed E-state index contributed by atoms with van der Waals surface area (Å²) in [5.41, 5.74) is 9.39. The molecule has 140 valence electrons. The molecule has 0 aromatic carbocycles. The predicted molar refractivity (Wildman–Crippen MR) is 97.9 cm³/mol. The quantitative estimate of drug-likeness (QED) is 0.788. The Morgan fingerprint density at radius 3 is 3.08 bits per heavy atom. The minimum absolute atomic E-state index is 0.102. The van der Waals surface area contributed by atoms with Crippen LogP contribution in [0.4, 0.5) is 5.95 Å². The van der Waals surface area contributed by atoms with E-state index in [9.17, 15) is 4.79 Å². The highest BCUT2D eigenvalue weighted by molar-refractivity contribution is 7.07. The van der Waals surface area contributed by atoms with Crippen LogP contribution in [0.5, 0.6) is 0 Å². The van der Waals surface area contributed by atoms with Gasteiger partial charge in [0.1, 0.15) is 11.8 Å². The Morgan fingerprint density at radius 2 is 2.35 bits per heavy atom. The molecule has 8 nitrogen and oxygen atoms in total. The van der Waals surface area contributed by atoms with E-state index in [2.05, 4.69) is 20.3 Å². The Balaban J connectivity index is 1.66. The third kappa shape index (κ3) is 4.75. The minimum atomic E-state index is -0.282. The van der Waals surface area contributed by atoms with E-state index in [1.165, 1.54) is 11.3 Å². The molecule has 1 amide bonds. The van der Waals surface area contributed by atoms with Crippen molar-refractivity contribution in [1.29, 1.82) is 0 Å². The van der Waals surface area contributed by atoms with Gasteiger partial charge in [-0.05, 0) is 18.4 Å². The molecule has 2 aromatic heterocycles. The highest BCUT2D eigenvalue weighted by Gasteiger charge is 2.29. The third-order valence-corrected chi connectivity index (χ3v) is 4.77. The van der Waals surface area contributed by atoms with Gasteiger partial charge < -0.3 is 20.5 Å². The van der Waals surface area contributed by atoms with E-state index >= 15 is 0 Å². The summed E-state index contributed by atoms with van der Waals surface area (Å²) in [5.74, 6) is -0.0241. The maximum absolute atomic E-state index is 12.7. The third-order valence-electron chi connectivity index (χ3n) is 4.14. The molecule has 0 saturated carbocycles. The minimum Gasteiger partial charge on any atom is -0.379 e. The fourth-order valence-corrected chi connectivity index (χ4v) is 3.23. The second kappa shape index (κ2) is 8.52. The van der Waals surface area contributed by atoms with Gasteiger partial charge in [0, 0.05) is 17.7 Å². The van der Waals surface area contributed by atoms with Crippen molar-refractivity contribution in [2.24, 2.45) is 0 Å². The molecular formula is C17H23N5O3S. The number of carbonyl (C=O) groups excluding carboxylic acids is 1. The molecule has 1 aliphatic rings. The molecule has 1 saturated heterocycles. The lowest BCUT2D eigenvalue weighted by molar-refractivity contribution is -0.0742. The van der Waals surface area contributed by atoms with Crippen LogP contribution in [0, 0.1) is 0 Å². The van der Waals surface area contributed by atoms with Gasteiger partial charge in [-0.2, -0.15) is 0 Å². The molecular weight excluding hydrogens is 354 g/mol. The van der Waals surface area contributed by atoms with E-state index < -0.39 is 0 Å². The number of thiazole rings is 1. The van der Waals surface area contributed by atoms with Crippen molar-refractivity contribution in [2.75, 3.05) is 18.9 Å². The van der Waals surface area contributed by atoms with Crippen molar-refractivity contribution >= 4 is 23.2 Å². The van der Waals surface area contributed by atoms with Gasteiger partial charge in [0.15, 0.2) is 0 Å². The molecule has 3 N–H and O–H groups in total. The number of nitrogens with one attached hydrogen (secondary N) is 1. The Bertz CT molecular complexity index is 738. The summed E-state index contributed by atoms with van der Waals surface area (Å²) >= 11 is 1.52. The molecule has 26 heavy (non-hydrogen) atoms. The molecule has 0 radical (unpaired) electrons. The fourth-order valence-electron chi connectivity index (χ4n) is 2.68. The highest BCUT2D eigenvalue weighted by atomic mass is 32.1. The van der Waals surface area contributed by atoms with Crippen LogP contribution in [0.2, 0.25) is 0 Å². The van der Waals surface area contributed by atoms with Crippen molar-refractivity contribution in [2.45, 2.75) is 44.9 Å². The lowest BCUT2D eigenvalue weighted by atomic mass is 10.1. The van der Waals surface area contributed by atoms with E-state index in [1.54, 1.807) is 11.6 Å². The van der Waals surface area contributed by atoms with Crippen LogP contribution in [0.25, 0.3) is 0 Å². The first-order valence-electron chi connectivity index (χ1n) is 8.54. The van der Waals surface area contributed by atoms with Gasteiger partial charge >= 0.3 is 0 Å². The zero-order valence-corrected chi connectivity index (χ0v) is 15.7. The second-order valence-electron chi connectivity index (χ2n) is 6.46. The van der Waals surface area contributed by atoms with Crippen LogP contribution in [-0.4, -0.2) is 46.2 Å². The SMILES string of the molecule is CC(C)c1cc(C(=O)N[C@@H]2CCOC[C@H]2OCc2cscn2)nc(N)n1. The molecule has 2 aromatic rings. The number of hydrogen-bond acceptors (Lipinski definition) is 8. The maximum atomic E-state index is 12.7. The first kappa shape index (κ1) is 18.7. The van der Waals surface area contributed by atoms with Gasteiger partial charge in [0.05, 0.1) is 30.5 Å². The van der Waals surface area contributed by atoms with Crippen LogP contribution in [0.1, 0.15) is 48.1 Å². The van der Waals surface area contributed by atoms with Gasteiger partial charge in [0.2, 0.25) is 5.95 Å². The number of nitrogens with zero attached hydrogens (tertiary/aromatic N) is 3. The van der Waals surface area contributed by atoms with Crippen molar-refractivity contribution in [3.05, 3.63) is 34.0 Å². The molecule has 0 unspecified atom stereocenters. The molecule has 0 spiro atoms. The number of anilines is 1. The average molecular weight is 377 g/mol. The van der Waals surface area contributed by atoms with Crippen LogP contribution in [-0.2, 0) is 16.1 Å². The lowest BCUT2D eigenvalue weighted by Crippen LogP contribution is -2.50. The first-order valence-corrected chi connectivity index (χ1v) is 9.49. The normalized spacial score (nSPS) is 20.3. The number of aromatic nitrogens is 3. The highest BCUT2D eigenvalue weighted by Crippen LogP contribution is 2.17. The molecule has 1 aliphatic heterocycles. The van der Waals surface area contributed by atoms with Crippen LogP contribution in [0.3, 0.4) is 0 Å². The van der Waals surface area contributed by atoms with E-state index in [4.69, 9.17) is 15.2 Å². The van der Waals surface area contributed by atoms with Gasteiger partial charge in [0.25, 0.3) is 5.91 Å². The summed E-state index contributed by atoms with van der Waals surface area (Å²) in [4.78, 5) is 25.1. The predicted octanol–water partition coefficient (Wildman–Crippen LogP) is 1.74. The number of amides is 1. The summed E-state index contributed by atoms with van der Waals surface area (Å²) in [5, 5.41) is 4.94. The van der Waals surface area contributed by atoms with Crippen LogP contribution < -0.4 is 11.1 Å². The Hall–Kier alpha value is -2.10. The van der Waals surface area contributed by atoms with E-state index in [0.717, 1.165) is 11.4 Å². The van der Waals surface area contributed by atoms with Gasteiger partial charge in [-0.15, -0.1) is 11.3 Å². The molecule has 1 fully saturated rings. The van der Waals surface area contributed by atoms with Gasteiger partial charge in [-0.25, -0.2) is 15.0 Å². The summed E-state index contributed by atoms with van der Waals surface area (Å²) in [6.07, 6.45) is 0.434. The van der Waals surface area contributed by atoms with Crippen molar-refractivity contribution in [3.63, 3.8) is 0 Å². The number of ether oxygens (including phenoxy) is 2. The van der Waals surface area contributed by atoms with E-state index in [0.29, 0.717) is 26.2 Å². The monoisotopic (exact) mass is 377 g/mol. The summed E-state index contributed by atoms with van der Waals surface area (Å²) in [6.45, 7) is 5.37. The topological polar surface area (TPSA) is 112 Å². The Morgan fingerprint density at radius 1 is 1.50 bits per heavy atom. The zero-order valence-electron chi connectivity index (χ0n) is 14.8. The van der Waals surface area contributed by atoms with Crippen molar-refractivity contribution < 1.29 is 14.3 Å². The summed E-state index contributed by atoms with van der Waals surface area (Å²) in [6, 6.07) is 1.52. The fraction of sp³-hybridized carbons (Fsp3) is 0.529. The largest absolute Gasteiger partial charge is 0.379 e. The number of nitrogens with two attached hydrogens (primary N) is 1. The smallest absolute Gasteiger partial charge is 0.270 e. The molecule has 9 heteroatoms. The number of nitrogen functional groups attached to an aromatic ring is 1. The number of carbonyl (C=O) groups is 1. The number of rotatable bonds is 6. The molecule has 2 atom stereocenters. The zero-order chi connectivity index (χ0) is 18.5. The van der Waals surface area contributed by atoms with Crippen LogP contribution in [0.15, 0.2) is 17.0 Å². The Kier molecular flexibility index (Phi) is 6.12. The first-order chi connectivity index (χ1) is 12.5. The standard InChI is InChI=1S/C17H23N5O3S/c1-10(2)13-5-14(22-17(18)21-13)16(23)20-12-3-4-24-7-15(12)25-6-11-8-26-9-19-11/h5,8-10,12,15H,3-4,6-7H2,1-2H3,(H,20,23)(H2,18,21,22)/t12-,15-/m1/s1. The van der Waals surface area contributed by atoms with E-state index in [1.807, 2.05) is 19.2 Å². The molecule has 0 bridgehead atoms. The van der Waals surface area contributed by atoms with E-state index in [-0.39, 0.29) is 35.6 Å². The second-order valence-corrected chi connectivity index (χ2v) is 7.18. The molecule has 0 aliphatic carbocycles. The number of hydrogen-bond donors (Lipinski definition) is 2. The van der Waals surface area contributed by atoms with Crippen LogP contribution >= 0.6 is 11.3 Å². The summed E-state index contributed by atoms with van der Waals surface area (Å²) < 4.78 is 11.4. The summed E-state index contributed by atoms with van der Waals surface area (Å²) in [7, 11) is 0. The lowest BCUT2D eigenvalue weighted by Gasteiger charge is -2.31. The van der Waals surface area contributed by atoms with Crippen molar-refractivity contribution in [3.8, 4) is 0 Å². The van der Waals surface area contributed by atoms with Gasteiger partial charge in [-0.3, -0.25) is 4.79 Å². The molecule has 3 heterocycles. The van der Waals surface area contributed by atoms with Gasteiger partial charge in [-0.1, -0.05) is 13.8 Å².